The second kappa shape index (κ2) is 9.28. The number of carbonyl (C=O) groups excluding carboxylic acids is 1. The Bertz CT molecular complexity index is 1420. The zero-order chi connectivity index (χ0) is 26.3. The molecule has 1 aromatic carbocycles. The summed E-state index contributed by atoms with van der Waals surface area (Å²) in [6.45, 7) is 1.02. The summed E-state index contributed by atoms with van der Waals surface area (Å²) in [6.07, 6.45) is -2.93. The molecular weight excluding hydrogens is 525 g/mol. The molecule has 2 aromatic heterocycles. The van der Waals surface area contributed by atoms with Crippen LogP contribution < -0.4 is 14.2 Å². The zero-order valence-electron chi connectivity index (χ0n) is 19.0. The third-order valence-electron chi connectivity index (χ3n) is 5.73. The Morgan fingerprint density at radius 1 is 1.22 bits per heavy atom. The van der Waals surface area contributed by atoms with Gasteiger partial charge >= 0.3 is 6.18 Å². The number of alkyl halides is 3. The lowest BCUT2D eigenvalue weighted by molar-refractivity contribution is -0.194. The molecule has 0 aliphatic heterocycles. The van der Waals surface area contributed by atoms with Crippen LogP contribution in [0.3, 0.4) is 0 Å². The van der Waals surface area contributed by atoms with E-state index in [2.05, 4.69) is 10.1 Å². The van der Waals surface area contributed by atoms with Gasteiger partial charge < -0.3 is 9.47 Å². The van der Waals surface area contributed by atoms with Gasteiger partial charge in [0.25, 0.3) is 15.9 Å². The Morgan fingerprint density at radius 3 is 2.53 bits per heavy atom. The van der Waals surface area contributed by atoms with Gasteiger partial charge in [0.2, 0.25) is 5.88 Å². The summed E-state index contributed by atoms with van der Waals surface area (Å²) in [5.74, 6) is -0.441. The summed E-state index contributed by atoms with van der Waals surface area (Å²) in [5.41, 5.74) is -1.67. The van der Waals surface area contributed by atoms with Crippen molar-refractivity contribution < 1.29 is 35.9 Å². The van der Waals surface area contributed by atoms with E-state index in [0.29, 0.717) is 11.3 Å². The first-order valence-electron chi connectivity index (χ1n) is 10.5. The summed E-state index contributed by atoms with van der Waals surface area (Å²) in [4.78, 5) is 16.6. The Morgan fingerprint density at radius 2 is 1.94 bits per heavy atom. The molecule has 0 spiro atoms. The highest BCUT2D eigenvalue weighted by Gasteiger charge is 2.64. The van der Waals surface area contributed by atoms with Crippen LogP contribution in [0, 0.1) is 12.3 Å². The molecule has 192 valence electrons. The number of methoxy groups -OCH3 is 1. The van der Waals surface area contributed by atoms with Crippen molar-refractivity contribution in [2.75, 3.05) is 13.7 Å². The van der Waals surface area contributed by atoms with E-state index in [1.165, 1.54) is 54.4 Å². The zero-order valence-corrected chi connectivity index (χ0v) is 20.5. The number of hydrogen-bond acceptors (Lipinski definition) is 7. The van der Waals surface area contributed by atoms with E-state index in [9.17, 15) is 26.4 Å². The maximum absolute atomic E-state index is 13.1. The summed E-state index contributed by atoms with van der Waals surface area (Å²) in [7, 11) is -2.78. The van der Waals surface area contributed by atoms with Crippen LogP contribution in [0.5, 0.6) is 11.6 Å². The van der Waals surface area contributed by atoms with Gasteiger partial charge in [-0.05, 0) is 55.7 Å². The molecule has 14 heteroatoms. The van der Waals surface area contributed by atoms with Crippen molar-refractivity contribution in [3.63, 3.8) is 0 Å². The topological polar surface area (TPSA) is 112 Å². The predicted octanol–water partition coefficient (Wildman–Crippen LogP) is 4.08. The molecule has 4 rings (SSSR count). The molecule has 0 saturated heterocycles. The summed E-state index contributed by atoms with van der Waals surface area (Å²) in [5, 5.41) is 3.72. The van der Waals surface area contributed by atoms with E-state index in [1.807, 2.05) is 4.72 Å². The second-order valence-corrected chi connectivity index (χ2v) is 10.2. The molecule has 1 fully saturated rings. The van der Waals surface area contributed by atoms with Gasteiger partial charge in [-0.15, -0.1) is 5.10 Å². The maximum Gasteiger partial charge on any atom is 0.397 e. The van der Waals surface area contributed by atoms with E-state index in [1.54, 1.807) is 6.92 Å². The van der Waals surface area contributed by atoms with E-state index < -0.39 is 34.1 Å². The average Bonchev–Trinajstić information content (AvgIpc) is 3.47. The largest absolute Gasteiger partial charge is 0.497 e. The van der Waals surface area contributed by atoms with Crippen LogP contribution in [0.4, 0.5) is 13.2 Å². The highest BCUT2D eigenvalue weighted by atomic mass is 35.5. The number of ether oxygens (including phenoxy) is 2. The summed E-state index contributed by atoms with van der Waals surface area (Å²) >= 11 is 6.13. The van der Waals surface area contributed by atoms with E-state index in [4.69, 9.17) is 21.1 Å². The molecule has 1 N–H and O–H groups in total. The molecule has 0 unspecified atom stereocenters. The molecule has 0 radical (unpaired) electrons. The van der Waals surface area contributed by atoms with Crippen molar-refractivity contribution in [1.82, 2.24) is 19.5 Å². The molecule has 0 bridgehead atoms. The number of nitrogens with one attached hydrogen (secondary N) is 1. The number of halogens is 4. The highest BCUT2D eigenvalue weighted by molar-refractivity contribution is 7.90. The molecule has 1 aliphatic rings. The first-order valence-corrected chi connectivity index (χ1v) is 12.4. The first-order chi connectivity index (χ1) is 16.8. The van der Waals surface area contributed by atoms with Crippen molar-refractivity contribution in [3.8, 4) is 17.4 Å². The first kappa shape index (κ1) is 25.8. The van der Waals surface area contributed by atoms with Gasteiger partial charge in [-0.25, -0.2) is 22.8 Å². The van der Waals surface area contributed by atoms with Crippen molar-refractivity contribution in [1.29, 1.82) is 0 Å². The highest BCUT2D eigenvalue weighted by Crippen LogP contribution is 2.57. The predicted molar refractivity (Wildman–Crippen MR) is 122 cm³/mol. The smallest absolute Gasteiger partial charge is 0.397 e. The van der Waals surface area contributed by atoms with Crippen LogP contribution in [0.1, 0.15) is 28.8 Å². The lowest BCUT2D eigenvalue weighted by Crippen LogP contribution is -2.31. The Labute approximate surface area is 209 Å². The maximum atomic E-state index is 13.1. The monoisotopic (exact) mass is 544 g/mol. The number of amides is 1. The minimum Gasteiger partial charge on any atom is -0.497 e. The van der Waals surface area contributed by atoms with Crippen LogP contribution in [0.2, 0.25) is 5.15 Å². The molecule has 36 heavy (non-hydrogen) atoms. The summed E-state index contributed by atoms with van der Waals surface area (Å²) < 4.78 is 78.0. The fraction of sp³-hybridized carbons (Fsp3) is 0.318. The third-order valence-corrected chi connectivity index (χ3v) is 7.51. The van der Waals surface area contributed by atoms with E-state index in [0.717, 1.165) is 0 Å². The average molecular weight is 545 g/mol. The minimum absolute atomic E-state index is 0.00561. The number of sulfonamides is 1. The van der Waals surface area contributed by atoms with Gasteiger partial charge in [0.15, 0.2) is 5.82 Å². The second-order valence-electron chi connectivity index (χ2n) is 8.24. The number of pyridine rings is 1. The van der Waals surface area contributed by atoms with Gasteiger partial charge in [0.05, 0.1) is 17.6 Å². The fourth-order valence-corrected chi connectivity index (χ4v) is 4.82. The lowest BCUT2D eigenvalue weighted by Gasteiger charge is -2.18. The molecule has 9 nitrogen and oxygen atoms in total. The number of rotatable bonds is 8. The van der Waals surface area contributed by atoms with Crippen LogP contribution in [0.15, 0.2) is 47.5 Å². The van der Waals surface area contributed by atoms with Crippen LogP contribution in [-0.2, 0) is 10.0 Å². The fourth-order valence-electron chi connectivity index (χ4n) is 3.39. The van der Waals surface area contributed by atoms with Crippen LogP contribution in [0.25, 0.3) is 5.82 Å². The van der Waals surface area contributed by atoms with Crippen molar-refractivity contribution in [2.24, 2.45) is 5.41 Å². The SMILES string of the molecule is COc1ccc(S(=O)(=O)NC(=O)c2ccc(-n3ccc(OCC4(C(F)(F)F)CC4)n3)nc2Cl)c(C)c1. The lowest BCUT2D eigenvalue weighted by atomic mass is 10.1. The Hall–Kier alpha value is -3.32. The third kappa shape index (κ3) is 5.12. The number of hydrogen-bond donors (Lipinski definition) is 1. The number of aromatic nitrogens is 3. The molecule has 1 amide bonds. The van der Waals surface area contributed by atoms with E-state index in [-0.39, 0.29) is 40.2 Å². The number of aryl methyl sites for hydroxylation is 1. The van der Waals surface area contributed by atoms with Crippen LogP contribution >= 0.6 is 11.6 Å². The Kier molecular flexibility index (Phi) is 6.64. The normalized spacial score (nSPS) is 14.8. The molecular formula is C22H20ClF3N4O5S. The van der Waals surface area contributed by atoms with Crippen LogP contribution in [-0.4, -0.2) is 49.0 Å². The molecule has 1 aliphatic carbocycles. The number of nitrogens with zero attached hydrogens (tertiary/aromatic N) is 3. The summed E-state index contributed by atoms with van der Waals surface area (Å²) in [6, 6.07) is 8.24. The number of benzene rings is 1. The standard InChI is InChI=1S/C22H20ClF3N4O5S/c1-13-11-14(34-2)3-5-16(13)36(32,33)29-20(31)15-4-6-17(27-19(15)23)30-10-7-18(28-30)35-12-21(8-9-21)22(24,25)26/h3-7,10-11H,8-9,12H2,1-2H3,(H,29,31). The number of carbonyl (C=O) groups is 1. The van der Waals surface area contributed by atoms with Gasteiger partial charge in [0, 0.05) is 12.3 Å². The van der Waals surface area contributed by atoms with Crippen molar-refractivity contribution in [2.45, 2.75) is 30.8 Å². The molecule has 3 aromatic rings. The Balaban J connectivity index is 1.46. The van der Waals surface area contributed by atoms with Gasteiger partial charge in [-0.1, -0.05) is 11.6 Å². The van der Waals surface area contributed by atoms with E-state index >= 15 is 0 Å². The van der Waals surface area contributed by atoms with Gasteiger partial charge in [-0.3, -0.25) is 4.79 Å². The molecule has 1 saturated carbocycles. The van der Waals surface area contributed by atoms with Crippen molar-refractivity contribution >= 4 is 27.5 Å². The molecule has 0 atom stereocenters. The van der Waals surface area contributed by atoms with Crippen molar-refractivity contribution in [3.05, 3.63) is 58.9 Å². The van der Waals surface area contributed by atoms with Gasteiger partial charge in [-0.2, -0.15) is 13.2 Å². The van der Waals surface area contributed by atoms with Gasteiger partial charge in [0.1, 0.15) is 22.9 Å². The quantitative estimate of drug-likeness (QED) is 0.425. The molecule has 2 heterocycles. The minimum atomic E-state index is -4.35.